The van der Waals surface area contributed by atoms with E-state index in [9.17, 15) is 24.0 Å². The number of rotatable bonds is 9. The van der Waals surface area contributed by atoms with E-state index >= 15 is 0 Å². The summed E-state index contributed by atoms with van der Waals surface area (Å²) in [6, 6.07) is 17.4. The Morgan fingerprint density at radius 2 is 1.74 bits per heavy atom. The minimum atomic E-state index is -0.822. The van der Waals surface area contributed by atoms with Gasteiger partial charge in [-0.3, -0.25) is 43.9 Å². The Hall–Kier alpha value is -7.10. The summed E-state index contributed by atoms with van der Waals surface area (Å²) in [6.07, 6.45) is 4.61. The van der Waals surface area contributed by atoms with E-state index in [2.05, 4.69) is 42.5 Å². The van der Waals surface area contributed by atoms with Gasteiger partial charge in [0.1, 0.15) is 28.9 Å². The number of imide groups is 1. The van der Waals surface area contributed by atoms with Crippen LogP contribution in [0.15, 0.2) is 73.1 Å². The highest BCUT2D eigenvalue weighted by molar-refractivity contribution is 6.03. The number of imidazole rings is 1. The molecule has 0 radical (unpaired) electrons. The molecule has 8 rings (SSSR count). The first kappa shape index (κ1) is 36.9. The van der Waals surface area contributed by atoms with Crippen LogP contribution >= 0.6 is 0 Å². The molecule has 16 nitrogen and oxygen atoms in total. The summed E-state index contributed by atoms with van der Waals surface area (Å²) in [4.78, 5) is 82.3. The van der Waals surface area contributed by atoms with E-state index in [0.29, 0.717) is 35.9 Å². The van der Waals surface area contributed by atoms with Gasteiger partial charge in [-0.15, -0.1) is 0 Å². The molecule has 16 heteroatoms. The molecule has 0 bridgehead atoms. The zero-order chi connectivity index (χ0) is 39.8. The first-order valence-electron chi connectivity index (χ1n) is 18.7. The van der Waals surface area contributed by atoms with Crippen molar-refractivity contribution in [3.63, 3.8) is 0 Å². The van der Waals surface area contributed by atoms with Gasteiger partial charge < -0.3 is 20.1 Å². The van der Waals surface area contributed by atoms with Crippen LogP contribution < -0.4 is 16.0 Å². The molecule has 6 aromatic rings. The molecule has 3 N–H and O–H groups in total. The van der Waals surface area contributed by atoms with E-state index in [1.807, 2.05) is 41.4 Å². The third kappa shape index (κ3) is 7.36. The van der Waals surface area contributed by atoms with Crippen molar-refractivity contribution in [3.8, 4) is 33.9 Å². The lowest BCUT2D eigenvalue weighted by Gasteiger charge is -2.28. The van der Waals surface area contributed by atoms with Gasteiger partial charge in [0.05, 0.1) is 41.6 Å². The number of aryl methyl sites for hydroxylation is 2. The van der Waals surface area contributed by atoms with Crippen molar-refractivity contribution in [3.05, 3.63) is 102 Å². The smallest absolute Gasteiger partial charge is 0.270 e. The lowest BCUT2D eigenvalue weighted by Crippen LogP contribution is -2.52. The zero-order valence-electron chi connectivity index (χ0n) is 31.6. The summed E-state index contributed by atoms with van der Waals surface area (Å²) < 4.78 is 3.86. The number of benzene rings is 1. The Labute approximate surface area is 326 Å². The number of amides is 5. The second-order valence-corrected chi connectivity index (χ2v) is 14.0. The fourth-order valence-electron chi connectivity index (χ4n) is 7.24. The van der Waals surface area contributed by atoms with E-state index in [-0.39, 0.29) is 48.5 Å². The van der Waals surface area contributed by atoms with Gasteiger partial charge in [0.15, 0.2) is 0 Å². The number of hydrogen-bond acceptors (Lipinski definition) is 10. The van der Waals surface area contributed by atoms with Gasteiger partial charge in [-0.25, -0.2) is 9.97 Å². The van der Waals surface area contributed by atoms with Crippen molar-refractivity contribution in [2.24, 2.45) is 7.05 Å². The molecule has 1 saturated heterocycles. The number of piperidine rings is 1. The van der Waals surface area contributed by atoms with Crippen LogP contribution in [0.1, 0.15) is 64.9 Å². The van der Waals surface area contributed by atoms with Crippen molar-refractivity contribution in [1.82, 2.24) is 55.1 Å². The molecule has 1 fully saturated rings. The molecule has 0 spiro atoms. The number of nitrogens with zero attached hydrogens (tertiary/aromatic N) is 8. The SMILES string of the molecule is CCc1nc(-c2cccc3cc(-c4ccc(C(=O)NCc5cc(-c6cccc(C(=O)NC7CCC(=O)NC7=O)n6)nn5C)nc4)ncc23)c2n1CCN(C(C)=O)C2. The molecular formula is C41H39N11O5. The summed E-state index contributed by atoms with van der Waals surface area (Å²) in [5, 5.41) is 14.2. The van der Waals surface area contributed by atoms with Gasteiger partial charge >= 0.3 is 0 Å². The molecule has 1 atom stereocenters. The van der Waals surface area contributed by atoms with Crippen LogP contribution in [0.25, 0.3) is 44.7 Å². The van der Waals surface area contributed by atoms with E-state index in [1.54, 1.807) is 49.1 Å². The van der Waals surface area contributed by atoms with Crippen LogP contribution in [0.5, 0.6) is 0 Å². The maximum Gasteiger partial charge on any atom is 0.270 e. The van der Waals surface area contributed by atoms with E-state index < -0.39 is 17.9 Å². The molecule has 5 aromatic heterocycles. The van der Waals surface area contributed by atoms with Crippen LogP contribution in [-0.4, -0.2) is 81.3 Å². The molecule has 7 heterocycles. The minimum Gasteiger partial charge on any atom is -0.345 e. The fourth-order valence-corrected chi connectivity index (χ4v) is 7.24. The lowest BCUT2D eigenvalue weighted by atomic mass is 10.0. The molecule has 288 valence electrons. The molecular weight excluding hydrogens is 727 g/mol. The minimum absolute atomic E-state index is 0.0486. The first-order valence-corrected chi connectivity index (χ1v) is 18.7. The lowest BCUT2D eigenvalue weighted by molar-refractivity contribution is -0.134. The normalized spacial score (nSPS) is 15.3. The number of aromatic nitrogens is 7. The summed E-state index contributed by atoms with van der Waals surface area (Å²) in [6.45, 7) is 5.75. The van der Waals surface area contributed by atoms with Crippen LogP contribution in [0, 0.1) is 0 Å². The number of hydrogen-bond donors (Lipinski definition) is 3. The van der Waals surface area contributed by atoms with Crippen LogP contribution in [0.4, 0.5) is 0 Å². The maximum absolute atomic E-state index is 13.2. The van der Waals surface area contributed by atoms with Crippen LogP contribution in [0.3, 0.4) is 0 Å². The molecule has 5 amide bonds. The quantitative estimate of drug-likeness (QED) is 0.184. The van der Waals surface area contributed by atoms with Gasteiger partial charge in [-0.2, -0.15) is 5.10 Å². The summed E-state index contributed by atoms with van der Waals surface area (Å²) >= 11 is 0. The maximum atomic E-state index is 13.2. The van der Waals surface area contributed by atoms with Crippen molar-refractivity contribution < 1.29 is 24.0 Å². The number of nitrogens with one attached hydrogen (secondary N) is 3. The van der Waals surface area contributed by atoms with E-state index in [0.717, 1.165) is 52.1 Å². The number of pyridine rings is 3. The Morgan fingerprint density at radius 3 is 2.51 bits per heavy atom. The predicted octanol–water partition coefficient (Wildman–Crippen LogP) is 3.35. The van der Waals surface area contributed by atoms with Crippen molar-refractivity contribution in [1.29, 1.82) is 0 Å². The molecule has 57 heavy (non-hydrogen) atoms. The third-order valence-corrected chi connectivity index (χ3v) is 10.4. The topological polar surface area (TPSA) is 199 Å². The highest BCUT2D eigenvalue weighted by Gasteiger charge is 2.29. The molecule has 2 aliphatic rings. The average Bonchev–Trinajstić information content (AvgIpc) is 3.79. The highest BCUT2D eigenvalue weighted by Crippen LogP contribution is 2.34. The Morgan fingerprint density at radius 1 is 0.895 bits per heavy atom. The Bertz CT molecular complexity index is 2590. The predicted molar refractivity (Wildman–Crippen MR) is 208 cm³/mol. The summed E-state index contributed by atoms with van der Waals surface area (Å²) in [5.74, 6) is -0.780. The van der Waals surface area contributed by atoms with Crippen LogP contribution in [0.2, 0.25) is 0 Å². The second-order valence-electron chi connectivity index (χ2n) is 14.0. The standard InChI is InChI=1S/C41H39N11O5/c1-4-36-47-38(35-22-51(23(2)53)15-16-52(35)36)27-8-5-7-24-17-33(43-21-28(24)27)25-11-12-30(42-19-25)39(55)44-20-26-18-34(49-50(26)3)29-9-6-10-31(45-29)40(56)46-32-13-14-37(54)48-41(32)57/h5-12,17-19,21,32H,4,13-16,20,22H2,1-3H3,(H,44,55)(H,46,56)(H,48,54,57). The van der Waals surface area contributed by atoms with Crippen molar-refractivity contribution >= 4 is 40.3 Å². The third-order valence-electron chi connectivity index (χ3n) is 10.4. The summed E-state index contributed by atoms with van der Waals surface area (Å²) in [7, 11) is 1.74. The monoisotopic (exact) mass is 765 g/mol. The van der Waals surface area contributed by atoms with E-state index in [4.69, 9.17) is 9.97 Å². The molecule has 1 aromatic carbocycles. The van der Waals surface area contributed by atoms with Gasteiger partial charge in [-0.05, 0) is 48.2 Å². The van der Waals surface area contributed by atoms with E-state index in [1.165, 1.54) is 6.07 Å². The highest BCUT2D eigenvalue weighted by atomic mass is 16.2. The second kappa shape index (κ2) is 15.2. The fraction of sp³-hybridized carbons (Fsp3) is 0.268. The first-order chi connectivity index (χ1) is 27.6. The number of carbonyl (C=O) groups is 5. The van der Waals surface area contributed by atoms with Gasteiger partial charge in [-0.1, -0.05) is 31.2 Å². The molecule has 0 aliphatic carbocycles. The molecule has 0 saturated carbocycles. The van der Waals surface area contributed by atoms with Gasteiger partial charge in [0.25, 0.3) is 11.8 Å². The Kier molecular flexibility index (Phi) is 9.83. The van der Waals surface area contributed by atoms with Gasteiger partial charge in [0, 0.05) is 68.8 Å². The largest absolute Gasteiger partial charge is 0.345 e. The zero-order valence-corrected chi connectivity index (χ0v) is 31.6. The van der Waals surface area contributed by atoms with Crippen LogP contribution in [-0.2, 0) is 47.5 Å². The summed E-state index contributed by atoms with van der Waals surface area (Å²) in [5.41, 5.74) is 6.26. The molecule has 2 aliphatic heterocycles. The number of carbonyl (C=O) groups excluding carboxylic acids is 5. The van der Waals surface area contributed by atoms with Crippen molar-refractivity contribution in [2.75, 3.05) is 6.54 Å². The van der Waals surface area contributed by atoms with Crippen molar-refractivity contribution in [2.45, 2.75) is 58.8 Å². The average molecular weight is 766 g/mol. The van der Waals surface area contributed by atoms with Gasteiger partial charge in [0.2, 0.25) is 17.7 Å². The molecule has 1 unspecified atom stereocenters. The number of fused-ring (bicyclic) bond motifs is 2. The Balaban J connectivity index is 0.933.